The van der Waals surface area contributed by atoms with Crippen molar-refractivity contribution in [2.75, 3.05) is 18.4 Å². The van der Waals surface area contributed by atoms with Gasteiger partial charge in [0.25, 0.3) is 0 Å². The molecule has 1 fully saturated rings. The highest BCUT2D eigenvalue weighted by Gasteiger charge is 2.24. The van der Waals surface area contributed by atoms with Gasteiger partial charge in [-0.25, -0.2) is 19.3 Å². The number of anilines is 1. The van der Waals surface area contributed by atoms with E-state index < -0.39 is 6.17 Å². The number of piperidine rings is 1. The lowest BCUT2D eigenvalue weighted by Gasteiger charge is -2.28. The van der Waals surface area contributed by atoms with Gasteiger partial charge >= 0.3 is 0 Å². The van der Waals surface area contributed by atoms with Crippen molar-refractivity contribution in [1.29, 1.82) is 0 Å². The lowest BCUT2D eigenvalue weighted by atomic mass is 10.1. The van der Waals surface area contributed by atoms with Crippen molar-refractivity contribution >= 4 is 11.5 Å². The van der Waals surface area contributed by atoms with Crippen LogP contribution < -0.4 is 15.4 Å². The maximum absolute atomic E-state index is 14.1. The average Bonchev–Trinajstić information content (AvgIpc) is 3.07. The molecule has 0 bridgehead atoms. The summed E-state index contributed by atoms with van der Waals surface area (Å²) < 4.78 is 21.7. The number of hydrogen-bond acceptors (Lipinski definition) is 6. The number of nitrogens with one attached hydrogen (secondary N) is 2. The Hall–Kier alpha value is -2.74. The average molecular weight is 370 g/mol. The Balaban J connectivity index is 1.63. The number of fused-ring (bicyclic) bond motifs is 1. The van der Waals surface area contributed by atoms with E-state index in [2.05, 4.69) is 25.6 Å². The van der Waals surface area contributed by atoms with Crippen molar-refractivity contribution in [2.45, 2.75) is 38.6 Å². The molecule has 3 aromatic heterocycles. The van der Waals surface area contributed by atoms with Gasteiger partial charge in [0.05, 0.1) is 42.1 Å². The van der Waals surface area contributed by atoms with Crippen molar-refractivity contribution in [3.63, 3.8) is 0 Å². The second kappa shape index (κ2) is 7.48. The molecule has 8 heteroatoms. The number of ether oxygens (including phenoxy) is 1. The van der Waals surface area contributed by atoms with Crippen LogP contribution in [0.1, 0.15) is 20.3 Å². The van der Waals surface area contributed by atoms with Gasteiger partial charge in [-0.1, -0.05) is 6.07 Å². The molecule has 27 heavy (non-hydrogen) atoms. The molecule has 1 aliphatic rings. The molecule has 4 rings (SSSR count). The second-order valence-corrected chi connectivity index (χ2v) is 6.93. The first kappa shape index (κ1) is 17.7. The third kappa shape index (κ3) is 3.85. The lowest BCUT2D eigenvalue weighted by Crippen LogP contribution is -2.46. The molecule has 7 nitrogen and oxygen atoms in total. The Bertz CT molecular complexity index is 927. The summed E-state index contributed by atoms with van der Waals surface area (Å²) in [4.78, 5) is 13.3. The first-order valence-corrected chi connectivity index (χ1v) is 9.18. The quantitative estimate of drug-likeness (QED) is 0.719. The van der Waals surface area contributed by atoms with Crippen LogP contribution in [0.5, 0.6) is 5.88 Å². The number of imidazole rings is 1. The molecule has 0 aliphatic carbocycles. The molecule has 0 aromatic carbocycles. The molecule has 0 amide bonds. The number of nitrogens with zero attached hydrogens (tertiary/aromatic N) is 4. The fourth-order valence-electron chi connectivity index (χ4n) is 3.18. The third-order valence-corrected chi connectivity index (χ3v) is 4.47. The van der Waals surface area contributed by atoms with Gasteiger partial charge in [-0.3, -0.25) is 4.40 Å². The second-order valence-electron chi connectivity index (χ2n) is 6.93. The first-order chi connectivity index (χ1) is 13.1. The molecule has 0 saturated carbocycles. The van der Waals surface area contributed by atoms with Crippen molar-refractivity contribution in [3.05, 3.63) is 36.8 Å². The zero-order valence-corrected chi connectivity index (χ0v) is 15.4. The molecule has 2 atom stereocenters. The van der Waals surface area contributed by atoms with Crippen LogP contribution in [0.25, 0.3) is 17.0 Å². The number of alkyl halides is 1. The summed E-state index contributed by atoms with van der Waals surface area (Å²) in [6.07, 6.45) is 4.89. The molecule has 142 valence electrons. The number of pyridine rings is 1. The van der Waals surface area contributed by atoms with Gasteiger partial charge in [0.1, 0.15) is 12.0 Å². The Kier molecular flexibility index (Phi) is 4.89. The molecular formula is C19H23FN6O. The van der Waals surface area contributed by atoms with E-state index in [0.717, 1.165) is 11.4 Å². The molecular weight excluding hydrogens is 347 g/mol. The van der Waals surface area contributed by atoms with Gasteiger partial charge in [-0.2, -0.15) is 0 Å². The number of hydrogen-bond donors (Lipinski definition) is 2. The first-order valence-electron chi connectivity index (χ1n) is 9.18. The lowest BCUT2D eigenvalue weighted by molar-refractivity contribution is 0.231. The monoisotopic (exact) mass is 370 g/mol. The number of aromatic nitrogens is 4. The van der Waals surface area contributed by atoms with E-state index in [1.54, 1.807) is 12.4 Å². The highest BCUT2D eigenvalue weighted by Crippen LogP contribution is 2.23. The molecule has 1 aliphatic heterocycles. The summed E-state index contributed by atoms with van der Waals surface area (Å²) in [5.74, 6) is 1.17. The predicted molar refractivity (Wildman–Crippen MR) is 102 cm³/mol. The van der Waals surface area contributed by atoms with Gasteiger partial charge in [0.2, 0.25) is 5.88 Å². The fourth-order valence-corrected chi connectivity index (χ4v) is 3.18. The Morgan fingerprint density at radius 1 is 1.30 bits per heavy atom. The SMILES string of the molecule is CC(C)Oc1cn2c(-c3cccc(N[C@H]4CNCC[C@@H]4F)n3)cnc2cn1. The summed E-state index contributed by atoms with van der Waals surface area (Å²) in [6.45, 7) is 5.21. The Labute approximate surface area is 157 Å². The largest absolute Gasteiger partial charge is 0.474 e. The maximum Gasteiger partial charge on any atom is 0.230 e. The van der Waals surface area contributed by atoms with Gasteiger partial charge in [-0.15, -0.1) is 0 Å². The van der Waals surface area contributed by atoms with E-state index >= 15 is 0 Å². The zero-order chi connectivity index (χ0) is 18.8. The van der Waals surface area contributed by atoms with E-state index in [4.69, 9.17) is 4.74 Å². The van der Waals surface area contributed by atoms with Gasteiger partial charge in [-0.05, 0) is 38.9 Å². The zero-order valence-electron chi connectivity index (χ0n) is 15.4. The van der Waals surface area contributed by atoms with E-state index in [-0.39, 0.29) is 12.1 Å². The van der Waals surface area contributed by atoms with E-state index in [1.165, 1.54) is 0 Å². The van der Waals surface area contributed by atoms with Gasteiger partial charge in [0, 0.05) is 6.54 Å². The molecule has 0 unspecified atom stereocenters. The van der Waals surface area contributed by atoms with Crippen molar-refractivity contribution in [3.8, 4) is 17.3 Å². The van der Waals surface area contributed by atoms with E-state index in [9.17, 15) is 4.39 Å². The third-order valence-electron chi connectivity index (χ3n) is 4.47. The molecule has 2 N–H and O–H groups in total. The molecule has 1 saturated heterocycles. The minimum atomic E-state index is -0.880. The van der Waals surface area contributed by atoms with Gasteiger partial charge in [0.15, 0.2) is 5.65 Å². The van der Waals surface area contributed by atoms with Crippen LogP contribution in [0.15, 0.2) is 36.8 Å². The van der Waals surface area contributed by atoms with Crippen molar-refractivity contribution in [2.24, 2.45) is 0 Å². The van der Waals surface area contributed by atoms with Crippen molar-refractivity contribution in [1.82, 2.24) is 24.7 Å². The van der Waals surface area contributed by atoms with Crippen LogP contribution in [0, 0.1) is 0 Å². The van der Waals surface area contributed by atoms with Crippen LogP contribution in [0.2, 0.25) is 0 Å². The van der Waals surface area contributed by atoms with E-state index in [1.807, 2.05) is 42.6 Å². The summed E-state index contributed by atoms with van der Waals surface area (Å²) in [7, 11) is 0. The highest BCUT2D eigenvalue weighted by atomic mass is 19.1. The smallest absolute Gasteiger partial charge is 0.230 e. The highest BCUT2D eigenvalue weighted by molar-refractivity contribution is 5.61. The summed E-state index contributed by atoms with van der Waals surface area (Å²) in [5, 5.41) is 6.41. The Morgan fingerprint density at radius 2 is 2.19 bits per heavy atom. The van der Waals surface area contributed by atoms with Crippen LogP contribution in [-0.4, -0.2) is 50.8 Å². The number of halogens is 1. The summed E-state index contributed by atoms with van der Waals surface area (Å²) in [6, 6.07) is 5.38. The van der Waals surface area contributed by atoms with Crippen LogP contribution in [0.3, 0.4) is 0 Å². The predicted octanol–water partition coefficient (Wildman–Crippen LogP) is 2.69. The molecule has 0 radical (unpaired) electrons. The van der Waals surface area contributed by atoms with Crippen molar-refractivity contribution < 1.29 is 9.13 Å². The standard InChI is InChI=1S/C19H23FN6O/c1-12(2)27-19-11-26-16(9-22-18(26)10-23-19)14-4-3-5-17(24-14)25-15-8-21-7-6-13(15)20/h3-5,9-13,15,21H,6-8H2,1-2H3,(H,24,25)/t13-,15-/m0/s1. The fraction of sp³-hybridized carbons (Fsp3) is 0.421. The van der Waals surface area contributed by atoms with Gasteiger partial charge < -0.3 is 15.4 Å². The summed E-state index contributed by atoms with van der Waals surface area (Å²) in [5.41, 5.74) is 2.28. The topological polar surface area (TPSA) is 76.4 Å². The molecule has 0 spiro atoms. The maximum atomic E-state index is 14.1. The summed E-state index contributed by atoms with van der Waals surface area (Å²) >= 11 is 0. The minimum absolute atomic E-state index is 0.0327. The molecule has 4 heterocycles. The van der Waals surface area contributed by atoms with Crippen LogP contribution in [-0.2, 0) is 0 Å². The van der Waals surface area contributed by atoms with Crippen LogP contribution in [0.4, 0.5) is 10.2 Å². The van der Waals surface area contributed by atoms with Crippen LogP contribution >= 0.6 is 0 Å². The normalized spacial score (nSPS) is 20.1. The Morgan fingerprint density at radius 3 is 3.00 bits per heavy atom. The van der Waals surface area contributed by atoms with E-state index in [0.29, 0.717) is 36.9 Å². The number of rotatable bonds is 5. The minimum Gasteiger partial charge on any atom is -0.474 e. The molecule has 3 aromatic rings.